The van der Waals surface area contributed by atoms with Gasteiger partial charge in [0, 0.05) is 38.2 Å². The Bertz CT molecular complexity index is 581. The molecule has 2 fully saturated rings. The van der Waals surface area contributed by atoms with Crippen LogP contribution in [0.25, 0.3) is 0 Å². The van der Waals surface area contributed by atoms with Gasteiger partial charge in [-0.05, 0) is 18.6 Å². The van der Waals surface area contributed by atoms with Gasteiger partial charge in [0.05, 0.1) is 24.7 Å². The van der Waals surface area contributed by atoms with Crippen LogP contribution in [-0.4, -0.2) is 65.4 Å². The Labute approximate surface area is 137 Å². The van der Waals surface area contributed by atoms with Gasteiger partial charge < -0.3 is 9.47 Å². The number of sulfonamides is 1. The van der Waals surface area contributed by atoms with Crippen LogP contribution in [0.4, 0.5) is 0 Å². The zero-order chi connectivity index (χ0) is 16.1. The molecule has 3 rings (SSSR count). The summed E-state index contributed by atoms with van der Waals surface area (Å²) >= 11 is 0. The van der Waals surface area contributed by atoms with E-state index in [4.69, 9.17) is 9.47 Å². The molecule has 0 radical (unpaired) electrons. The lowest BCUT2D eigenvalue weighted by atomic mass is 9.97. The molecule has 0 saturated carbocycles. The third-order valence-corrected chi connectivity index (χ3v) is 6.00. The highest BCUT2D eigenvalue weighted by atomic mass is 32.2. The lowest BCUT2D eigenvalue weighted by molar-refractivity contribution is 0.00271. The van der Waals surface area contributed by atoms with E-state index < -0.39 is 10.0 Å². The third kappa shape index (κ3) is 4.30. The molecule has 0 aliphatic carbocycles. The van der Waals surface area contributed by atoms with Gasteiger partial charge in [0.2, 0.25) is 10.0 Å². The molecule has 2 aliphatic heterocycles. The Kier molecular flexibility index (Phi) is 5.66. The topological polar surface area (TPSA) is 67.9 Å². The average molecular weight is 340 g/mol. The summed E-state index contributed by atoms with van der Waals surface area (Å²) in [6.07, 6.45) is 0.981. The Hall–Kier alpha value is -0.990. The molecule has 1 aromatic rings. The molecule has 23 heavy (non-hydrogen) atoms. The fourth-order valence-electron chi connectivity index (χ4n) is 3.24. The first-order valence-corrected chi connectivity index (χ1v) is 9.59. The van der Waals surface area contributed by atoms with Gasteiger partial charge in [-0.25, -0.2) is 13.1 Å². The quantitative estimate of drug-likeness (QED) is 0.826. The van der Waals surface area contributed by atoms with Crippen molar-refractivity contribution in [2.75, 3.05) is 46.1 Å². The number of nitrogens with one attached hydrogen (secondary N) is 1. The predicted molar refractivity (Wildman–Crippen MR) is 86.7 cm³/mol. The van der Waals surface area contributed by atoms with Gasteiger partial charge in [-0.2, -0.15) is 0 Å². The molecule has 0 unspecified atom stereocenters. The van der Waals surface area contributed by atoms with Gasteiger partial charge >= 0.3 is 0 Å². The number of hydrogen-bond acceptors (Lipinski definition) is 5. The molecule has 0 spiro atoms. The summed E-state index contributed by atoms with van der Waals surface area (Å²) in [6.45, 7) is 4.96. The normalized spacial score (nSPS) is 24.6. The highest BCUT2D eigenvalue weighted by molar-refractivity contribution is 7.89. The van der Waals surface area contributed by atoms with Crippen LogP contribution in [0.15, 0.2) is 35.2 Å². The molecule has 2 atom stereocenters. The fourth-order valence-corrected chi connectivity index (χ4v) is 4.31. The molecule has 1 N–H and O–H groups in total. The molecular formula is C16H24N2O4S. The Morgan fingerprint density at radius 3 is 2.52 bits per heavy atom. The minimum atomic E-state index is -3.47. The molecule has 1 aromatic carbocycles. The maximum Gasteiger partial charge on any atom is 0.240 e. The fraction of sp³-hybridized carbons (Fsp3) is 0.625. The summed E-state index contributed by atoms with van der Waals surface area (Å²) in [7, 11) is -3.47. The zero-order valence-electron chi connectivity index (χ0n) is 13.2. The van der Waals surface area contributed by atoms with Crippen molar-refractivity contribution in [1.82, 2.24) is 9.62 Å². The Morgan fingerprint density at radius 1 is 1.13 bits per heavy atom. The van der Waals surface area contributed by atoms with E-state index in [1.807, 2.05) is 6.07 Å². The van der Waals surface area contributed by atoms with Crippen molar-refractivity contribution < 1.29 is 17.9 Å². The SMILES string of the molecule is O=S(=O)(NC[C@@H]([C@H]1CCOC1)N1CCOCC1)c1ccccc1. The van der Waals surface area contributed by atoms with Crippen LogP contribution >= 0.6 is 0 Å². The lowest BCUT2D eigenvalue weighted by Gasteiger charge is -2.37. The lowest BCUT2D eigenvalue weighted by Crippen LogP contribution is -2.52. The predicted octanol–water partition coefficient (Wildman–Crippen LogP) is 0.702. The zero-order valence-corrected chi connectivity index (χ0v) is 14.0. The van der Waals surface area contributed by atoms with Crippen molar-refractivity contribution in [1.29, 1.82) is 0 Å². The van der Waals surface area contributed by atoms with Gasteiger partial charge in [0.25, 0.3) is 0 Å². The molecule has 0 bridgehead atoms. The maximum atomic E-state index is 12.4. The van der Waals surface area contributed by atoms with Crippen LogP contribution in [0.2, 0.25) is 0 Å². The monoisotopic (exact) mass is 340 g/mol. The summed E-state index contributed by atoms with van der Waals surface area (Å²) in [5.74, 6) is 0.367. The molecule has 2 saturated heterocycles. The second-order valence-electron chi connectivity index (χ2n) is 6.00. The first-order chi connectivity index (χ1) is 11.2. The number of hydrogen-bond donors (Lipinski definition) is 1. The van der Waals surface area contributed by atoms with E-state index in [0.717, 1.165) is 26.1 Å². The van der Waals surface area contributed by atoms with Crippen LogP contribution in [0.5, 0.6) is 0 Å². The average Bonchev–Trinajstić information content (AvgIpc) is 3.11. The van der Waals surface area contributed by atoms with E-state index in [9.17, 15) is 8.42 Å². The van der Waals surface area contributed by atoms with Gasteiger partial charge in [0.15, 0.2) is 0 Å². The van der Waals surface area contributed by atoms with E-state index in [2.05, 4.69) is 9.62 Å². The second-order valence-corrected chi connectivity index (χ2v) is 7.77. The Morgan fingerprint density at radius 2 is 1.87 bits per heavy atom. The standard InChI is InChI=1S/C16H24N2O4S/c19-23(20,15-4-2-1-3-5-15)17-12-16(14-6-9-22-13-14)18-7-10-21-11-8-18/h1-5,14,16-17H,6-13H2/t14-,16-/m0/s1. The summed E-state index contributed by atoms with van der Waals surface area (Å²) in [4.78, 5) is 2.64. The first-order valence-electron chi connectivity index (χ1n) is 8.11. The van der Waals surface area contributed by atoms with E-state index in [1.165, 1.54) is 0 Å². The van der Waals surface area contributed by atoms with Crippen LogP contribution < -0.4 is 4.72 Å². The highest BCUT2D eigenvalue weighted by Gasteiger charge is 2.32. The van der Waals surface area contributed by atoms with Gasteiger partial charge in [-0.15, -0.1) is 0 Å². The van der Waals surface area contributed by atoms with Gasteiger partial charge in [-0.1, -0.05) is 18.2 Å². The summed E-state index contributed by atoms with van der Waals surface area (Å²) < 4.78 is 38.6. The number of benzene rings is 1. The minimum absolute atomic E-state index is 0.153. The molecule has 2 aliphatic rings. The Balaban J connectivity index is 1.68. The van der Waals surface area contributed by atoms with Crippen LogP contribution in [0.1, 0.15) is 6.42 Å². The highest BCUT2D eigenvalue weighted by Crippen LogP contribution is 2.22. The van der Waals surface area contributed by atoms with Crippen molar-refractivity contribution in [2.45, 2.75) is 17.4 Å². The van der Waals surface area contributed by atoms with Crippen molar-refractivity contribution in [2.24, 2.45) is 5.92 Å². The van der Waals surface area contributed by atoms with Crippen molar-refractivity contribution >= 4 is 10.0 Å². The molecular weight excluding hydrogens is 316 g/mol. The van der Waals surface area contributed by atoms with Gasteiger partial charge in [-0.3, -0.25) is 4.90 Å². The van der Waals surface area contributed by atoms with E-state index in [0.29, 0.717) is 37.2 Å². The van der Waals surface area contributed by atoms with E-state index in [-0.39, 0.29) is 6.04 Å². The van der Waals surface area contributed by atoms with Gasteiger partial charge in [0.1, 0.15) is 0 Å². The largest absolute Gasteiger partial charge is 0.381 e. The second kappa shape index (κ2) is 7.72. The number of morpholine rings is 1. The maximum absolute atomic E-state index is 12.4. The summed E-state index contributed by atoms with van der Waals surface area (Å²) in [6, 6.07) is 8.67. The molecule has 2 heterocycles. The number of nitrogens with zero attached hydrogens (tertiary/aromatic N) is 1. The van der Waals surface area contributed by atoms with E-state index >= 15 is 0 Å². The van der Waals surface area contributed by atoms with E-state index in [1.54, 1.807) is 24.3 Å². The molecule has 6 nitrogen and oxygen atoms in total. The summed E-state index contributed by atoms with van der Waals surface area (Å²) in [5, 5.41) is 0. The minimum Gasteiger partial charge on any atom is -0.381 e. The summed E-state index contributed by atoms with van der Waals surface area (Å²) in [5.41, 5.74) is 0. The van der Waals surface area contributed by atoms with Crippen molar-refractivity contribution in [3.8, 4) is 0 Å². The molecule has 128 valence electrons. The number of ether oxygens (including phenoxy) is 2. The van der Waals surface area contributed by atoms with Crippen LogP contribution in [0, 0.1) is 5.92 Å². The van der Waals surface area contributed by atoms with Crippen LogP contribution in [-0.2, 0) is 19.5 Å². The third-order valence-electron chi connectivity index (χ3n) is 4.56. The molecule has 0 aromatic heterocycles. The van der Waals surface area contributed by atoms with Crippen molar-refractivity contribution in [3.05, 3.63) is 30.3 Å². The van der Waals surface area contributed by atoms with Crippen molar-refractivity contribution in [3.63, 3.8) is 0 Å². The molecule has 7 heteroatoms. The first kappa shape index (κ1) is 16.9. The smallest absolute Gasteiger partial charge is 0.240 e. The van der Waals surface area contributed by atoms with Crippen LogP contribution in [0.3, 0.4) is 0 Å². The molecule has 0 amide bonds. The number of rotatable bonds is 6.